The Balaban J connectivity index is -0.000000200. The predicted molar refractivity (Wildman–Crippen MR) is 146 cm³/mol. The number of carbonyl (C=O) groups excluding carboxylic acids is 2. The van der Waals surface area contributed by atoms with Crippen LogP contribution in [0.4, 0.5) is 15.3 Å². The molecule has 0 saturated heterocycles. The molecule has 0 atom stereocenters. The lowest BCUT2D eigenvalue weighted by atomic mass is 10.2. The van der Waals surface area contributed by atoms with E-state index in [1.165, 1.54) is 12.1 Å². The van der Waals surface area contributed by atoms with Gasteiger partial charge in [0.2, 0.25) is 0 Å². The van der Waals surface area contributed by atoms with Crippen molar-refractivity contribution in [1.82, 2.24) is 0 Å². The molecule has 0 heterocycles. The van der Waals surface area contributed by atoms with Crippen LogP contribution in [0.25, 0.3) is 0 Å². The van der Waals surface area contributed by atoms with Crippen LogP contribution in [0.15, 0.2) is 60.7 Å². The normalized spacial score (nSPS) is 9.22. The number of hydrogen-bond acceptors (Lipinski definition) is 10. The monoisotopic (exact) mass is 573 g/mol. The fourth-order valence-electron chi connectivity index (χ4n) is 1.51. The molecule has 0 amide bonds. The van der Waals surface area contributed by atoms with Crippen LogP contribution in [0.2, 0.25) is 0 Å². The molecule has 2 aromatic carbocycles. The number of nitro benzene ring substituents is 1. The van der Waals surface area contributed by atoms with Crippen molar-refractivity contribution in [2.24, 2.45) is 11.5 Å². The Morgan fingerprint density at radius 3 is 1.15 bits per heavy atom. The first-order valence-electron chi connectivity index (χ1n) is 11.0. The van der Waals surface area contributed by atoms with Gasteiger partial charge in [0.25, 0.3) is 18.6 Å². The van der Waals surface area contributed by atoms with Crippen LogP contribution < -0.4 is 11.5 Å². The maximum atomic E-state index is 10.0. The zero-order valence-corrected chi connectivity index (χ0v) is 23.2. The third-order valence-corrected chi connectivity index (χ3v) is 2.95. The standard InChI is InChI=1S/C7H10N2.C6H5NO2.2C5H10O2.2CH2O3/c2*8-7(9)6-4-2-1-3-5-6;2*1-5(2,3)7-4-6;2*2-1(3)4/h1-5,7H,8-9H2;1-5H;2*4H,1-3H3;2*(H2,2,3,4). The third kappa shape index (κ3) is 46.6. The van der Waals surface area contributed by atoms with E-state index in [2.05, 4.69) is 9.47 Å². The summed E-state index contributed by atoms with van der Waals surface area (Å²) in [6.45, 7) is 11.8. The topological polar surface area (TPSA) is 263 Å². The third-order valence-electron chi connectivity index (χ3n) is 2.95. The van der Waals surface area contributed by atoms with Gasteiger partial charge in [-0.25, -0.2) is 9.59 Å². The van der Waals surface area contributed by atoms with E-state index in [9.17, 15) is 19.7 Å². The summed E-state index contributed by atoms with van der Waals surface area (Å²) in [5.74, 6) is 0. The van der Waals surface area contributed by atoms with Gasteiger partial charge in [-0.2, -0.15) is 0 Å². The van der Waals surface area contributed by atoms with Gasteiger partial charge in [-0.15, -0.1) is 0 Å². The average molecular weight is 574 g/mol. The first-order chi connectivity index (χ1) is 18.2. The molecule has 15 nitrogen and oxygen atoms in total. The van der Waals surface area contributed by atoms with Crippen molar-refractivity contribution in [3.05, 3.63) is 76.3 Å². The number of nitrogens with two attached hydrogens (primary N) is 2. The van der Waals surface area contributed by atoms with Gasteiger partial charge in [0.05, 0.1) is 11.1 Å². The Kier molecular flexibility index (Phi) is 26.0. The second kappa shape index (κ2) is 24.6. The molecule has 40 heavy (non-hydrogen) atoms. The molecule has 0 aromatic heterocycles. The molecule has 0 radical (unpaired) electrons. The van der Waals surface area contributed by atoms with Crippen LogP contribution in [-0.4, -0.2) is 61.8 Å². The van der Waals surface area contributed by atoms with Crippen LogP contribution in [0.3, 0.4) is 0 Å². The Morgan fingerprint density at radius 2 is 1.02 bits per heavy atom. The number of hydrogen-bond donors (Lipinski definition) is 6. The largest absolute Gasteiger partial charge is 0.503 e. The van der Waals surface area contributed by atoms with E-state index < -0.39 is 17.2 Å². The van der Waals surface area contributed by atoms with Crippen molar-refractivity contribution in [3.63, 3.8) is 0 Å². The molecule has 0 fully saturated rings. The molecule has 0 saturated carbocycles. The van der Waals surface area contributed by atoms with Crippen molar-refractivity contribution in [2.45, 2.75) is 58.9 Å². The van der Waals surface area contributed by atoms with E-state index in [1.54, 1.807) is 18.2 Å². The number of carboxylic acid groups (broad SMARTS) is 4. The summed E-state index contributed by atoms with van der Waals surface area (Å²) in [7, 11) is 0. The number of benzene rings is 2. The number of nitrogens with zero attached hydrogens (tertiary/aromatic N) is 1. The molecule has 0 bridgehead atoms. The van der Waals surface area contributed by atoms with Gasteiger partial charge in [0.15, 0.2) is 0 Å². The maximum absolute atomic E-state index is 10.0. The minimum absolute atomic E-state index is 0.137. The first kappa shape index (κ1) is 42.3. The molecule has 2 aromatic rings. The molecule has 0 unspecified atom stereocenters. The van der Waals surface area contributed by atoms with Gasteiger partial charge in [-0.3, -0.25) is 19.7 Å². The van der Waals surface area contributed by atoms with Crippen LogP contribution in [-0.2, 0) is 19.1 Å². The first-order valence-corrected chi connectivity index (χ1v) is 11.0. The molecule has 8 N–H and O–H groups in total. The Labute approximate surface area is 232 Å². The summed E-state index contributed by atoms with van der Waals surface area (Å²) in [4.78, 5) is 45.9. The van der Waals surface area contributed by atoms with Crippen molar-refractivity contribution < 1.29 is 54.0 Å². The van der Waals surface area contributed by atoms with E-state index in [0.29, 0.717) is 12.9 Å². The maximum Gasteiger partial charge on any atom is 0.503 e. The molecule has 15 heteroatoms. The quantitative estimate of drug-likeness (QED) is 0.127. The highest BCUT2D eigenvalue weighted by atomic mass is 16.6. The minimum Gasteiger partial charge on any atom is -0.462 e. The summed E-state index contributed by atoms with van der Waals surface area (Å²) in [6, 6.07) is 17.5. The van der Waals surface area contributed by atoms with E-state index in [-0.39, 0.29) is 23.1 Å². The minimum atomic E-state index is -1.83. The predicted octanol–water partition coefficient (Wildman–Crippen LogP) is 4.56. The molecule has 0 aliphatic rings. The number of rotatable bonds is 4. The number of para-hydroxylation sites is 1. The molecule has 0 aliphatic heterocycles. The van der Waals surface area contributed by atoms with Crippen LogP contribution >= 0.6 is 0 Å². The second-order valence-electron chi connectivity index (χ2n) is 8.75. The molecule has 0 spiro atoms. The van der Waals surface area contributed by atoms with E-state index >= 15 is 0 Å². The van der Waals surface area contributed by atoms with Gasteiger partial charge >= 0.3 is 12.3 Å². The number of non-ortho nitro benzene ring substituents is 1. The molecule has 0 aliphatic carbocycles. The van der Waals surface area contributed by atoms with E-state index in [4.69, 9.17) is 41.5 Å². The fraction of sp³-hybridized carbons (Fsp3) is 0.360. The fourth-order valence-corrected chi connectivity index (χ4v) is 1.51. The highest BCUT2D eigenvalue weighted by molar-refractivity contribution is 5.53. The zero-order valence-electron chi connectivity index (χ0n) is 23.2. The Bertz CT molecular complexity index is 903. The lowest BCUT2D eigenvalue weighted by molar-refractivity contribution is -0.384. The van der Waals surface area contributed by atoms with Gasteiger partial charge in [0, 0.05) is 12.1 Å². The smallest absolute Gasteiger partial charge is 0.462 e. The van der Waals surface area contributed by atoms with Crippen LogP contribution in [0.1, 0.15) is 53.3 Å². The second-order valence-corrected chi connectivity index (χ2v) is 8.75. The van der Waals surface area contributed by atoms with Crippen molar-refractivity contribution in [3.8, 4) is 0 Å². The molecule has 2 rings (SSSR count). The summed E-state index contributed by atoms with van der Waals surface area (Å²) in [5.41, 5.74) is 11.3. The van der Waals surface area contributed by atoms with Gasteiger partial charge in [-0.1, -0.05) is 48.5 Å². The Hall–Kier alpha value is -4.76. The van der Waals surface area contributed by atoms with Gasteiger partial charge in [0.1, 0.15) is 11.2 Å². The van der Waals surface area contributed by atoms with Crippen molar-refractivity contribution >= 4 is 30.9 Å². The molecular weight excluding hydrogens is 534 g/mol. The SMILES string of the molecule is CC(C)(C)OC=O.CC(C)(C)OC=O.NC(N)c1ccccc1.O=C(O)O.O=C(O)O.O=[N+]([O-])c1ccccc1. The van der Waals surface area contributed by atoms with Crippen LogP contribution in [0, 0.1) is 10.1 Å². The number of carbonyl (C=O) groups is 4. The number of ether oxygens (including phenoxy) is 2. The highest BCUT2D eigenvalue weighted by Gasteiger charge is 2.08. The van der Waals surface area contributed by atoms with Gasteiger partial charge < -0.3 is 41.4 Å². The molecule has 226 valence electrons. The van der Waals surface area contributed by atoms with E-state index in [0.717, 1.165) is 5.56 Å². The average Bonchev–Trinajstić information content (AvgIpc) is 2.79. The highest BCUT2D eigenvalue weighted by Crippen LogP contribution is 2.07. The van der Waals surface area contributed by atoms with Crippen molar-refractivity contribution in [1.29, 1.82) is 0 Å². The summed E-state index contributed by atoms with van der Waals surface area (Å²) < 4.78 is 9.10. The Morgan fingerprint density at radius 1 is 0.750 bits per heavy atom. The lowest BCUT2D eigenvalue weighted by Crippen LogP contribution is -2.19. The lowest BCUT2D eigenvalue weighted by Gasteiger charge is -2.14. The van der Waals surface area contributed by atoms with Gasteiger partial charge in [-0.05, 0) is 47.1 Å². The van der Waals surface area contributed by atoms with Crippen LogP contribution in [0.5, 0.6) is 0 Å². The number of nitro groups is 1. The summed E-state index contributed by atoms with van der Waals surface area (Å²) in [6.07, 6.45) is -4.01. The zero-order chi connectivity index (χ0) is 32.4. The van der Waals surface area contributed by atoms with Crippen molar-refractivity contribution in [2.75, 3.05) is 0 Å². The van der Waals surface area contributed by atoms with E-state index in [1.807, 2.05) is 71.9 Å². The summed E-state index contributed by atoms with van der Waals surface area (Å²) in [5, 5.41) is 37.9. The summed E-state index contributed by atoms with van der Waals surface area (Å²) >= 11 is 0. The molecular formula is C25H39N3O12.